The maximum absolute atomic E-state index is 11.9. The summed E-state index contributed by atoms with van der Waals surface area (Å²) < 4.78 is 14.6. The number of aliphatic hydroxyl groups excluding tert-OH is 1. The summed E-state index contributed by atoms with van der Waals surface area (Å²) in [4.78, 5) is 22.7. The zero-order valence-electron chi connectivity index (χ0n) is 10.3. The van der Waals surface area contributed by atoms with Crippen LogP contribution in [0.25, 0.3) is 0 Å². The Hall–Kier alpha value is -1.30. The fourth-order valence-electron chi connectivity index (χ4n) is 1.33. The second-order valence-electron chi connectivity index (χ2n) is 5.01. The number of aliphatic hydroxyl groups is 1. The van der Waals surface area contributed by atoms with E-state index in [1.807, 2.05) is 0 Å². The van der Waals surface area contributed by atoms with Crippen LogP contribution in [-0.2, 0) is 19.0 Å². The first-order valence-electron chi connectivity index (χ1n) is 5.43. The number of hydrogen-bond donors (Lipinski definition) is 1. The molecule has 0 amide bonds. The van der Waals surface area contributed by atoms with Crippen molar-refractivity contribution in [1.82, 2.24) is 0 Å². The Kier molecular flexibility index (Phi) is 3.98. The summed E-state index contributed by atoms with van der Waals surface area (Å²) in [6, 6.07) is 0. The first-order chi connectivity index (χ1) is 7.79. The Morgan fingerprint density at radius 3 is 2.47 bits per heavy atom. The highest BCUT2D eigenvalue weighted by Gasteiger charge is 2.43. The average Bonchev–Trinajstić information content (AvgIpc) is 2.22. The molecule has 0 aromatic heterocycles. The van der Waals surface area contributed by atoms with Gasteiger partial charge in [0, 0.05) is 13.0 Å². The molecule has 1 N–H and O–H groups in total. The lowest BCUT2D eigenvalue weighted by atomic mass is 9.92. The maximum atomic E-state index is 11.9. The quantitative estimate of drug-likeness (QED) is 0.741. The third-order valence-corrected chi connectivity index (χ3v) is 2.59. The van der Waals surface area contributed by atoms with E-state index in [1.54, 1.807) is 20.8 Å². The molecule has 1 rings (SSSR count). The normalized spacial score (nSPS) is 19.2. The highest BCUT2D eigenvalue weighted by molar-refractivity contribution is 5.78. The Morgan fingerprint density at radius 2 is 2.00 bits per heavy atom. The predicted octanol–water partition coefficient (Wildman–Crippen LogP) is 0.864. The van der Waals surface area contributed by atoms with Crippen LogP contribution in [0.1, 0.15) is 27.2 Å². The van der Waals surface area contributed by atoms with E-state index in [4.69, 9.17) is 9.84 Å². The molecule has 1 aliphatic rings. The third kappa shape index (κ3) is 3.59. The average molecular weight is 246 g/mol. The van der Waals surface area contributed by atoms with Crippen molar-refractivity contribution in [3.8, 4) is 0 Å². The molecular weight excluding hydrogens is 228 g/mol. The Labute approximate surface area is 99.8 Å². The Morgan fingerprint density at radius 1 is 1.47 bits per heavy atom. The minimum Gasteiger partial charge on any atom is -0.459 e. The molecular formula is C11H18O6. The molecule has 0 unspecified atom stereocenters. The van der Waals surface area contributed by atoms with E-state index in [0.717, 1.165) is 0 Å². The van der Waals surface area contributed by atoms with Crippen LogP contribution in [0.5, 0.6) is 0 Å². The molecule has 0 saturated carbocycles. The fourth-order valence-corrected chi connectivity index (χ4v) is 1.33. The van der Waals surface area contributed by atoms with Crippen molar-refractivity contribution in [3.63, 3.8) is 0 Å². The van der Waals surface area contributed by atoms with Crippen LogP contribution in [0.15, 0.2) is 0 Å². The molecule has 6 nitrogen and oxygen atoms in total. The van der Waals surface area contributed by atoms with Crippen LogP contribution in [0.3, 0.4) is 0 Å². The number of ether oxygens (including phenoxy) is 3. The molecule has 0 spiro atoms. The topological polar surface area (TPSA) is 82.1 Å². The largest absolute Gasteiger partial charge is 0.508 e. The monoisotopic (exact) mass is 246 g/mol. The van der Waals surface area contributed by atoms with Crippen molar-refractivity contribution in [2.45, 2.75) is 32.8 Å². The van der Waals surface area contributed by atoms with E-state index in [1.165, 1.54) is 0 Å². The molecule has 0 radical (unpaired) electrons. The van der Waals surface area contributed by atoms with E-state index < -0.39 is 23.1 Å². The molecule has 1 aliphatic heterocycles. The van der Waals surface area contributed by atoms with Gasteiger partial charge in [0.1, 0.15) is 24.2 Å². The summed E-state index contributed by atoms with van der Waals surface area (Å²) in [5.74, 6) is -0.497. The lowest BCUT2D eigenvalue weighted by Crippen LogP contribution is -2.46. The van der Waals surface area contributed by atoms with Crippen molar-refractivity contribution in [3.05, 3.63) is 0 Å². The summed E-state index contributed by atoms with van der Waals surface area (Å²) in [7, 11) is 0. The smallest absolute Gasteiger partial charge is 0.459 e. The SMILES string of the molecule is CC(C)(CCO)OC(=O)C1(C)COC(=O)OC1. The summed E-state index contributed by atoms with van der Waals surface area (Å²) in [5, 5.41) is 8.84. The van der Waals surface area contributed by atoms with Gasteiger partial charge in [0.2, 0.25) is 0 Å². The van der Waals surface area contributed by atoms with Gasteiger partial charge in [-0.2, -0.15) is 0 Å². The zero-order valence-corrected chi connectivity index (χ0v) is 10.3. The van der Waals surface area contributed by atoms with Gasteiger partial charge in [-0.3, -0.25) is 4.79 Å². The third-order valence-electron chi connectivity index (χ3n) is 2.59. The van der Waals surface area contributed by atoms with Gasteiger partial charge in [0.05, 0.1) is 0 Å². The van der Waals surface area contributed by atoms with Crippen LogP contribution >= 0.6 is 0 Å². The standard InChI is InChI=1S/C11H18O6/c1-10(2,4-5-12)17-8(13)11(3)6-15-9(14)16-7-11/h12H,4-7H2,1-3H3. The van der Waals surface area contributed by atoms with Gasteiger partial charge in [-0.15, -0.1) is 0 Å². The molecule has 0 aliphatic carbocycles. The number of cyclic esters (lactones) is 2. The second-order valence-corrected chi connectivity index (χ2v) is 5.01. The van der Waals surface area contributed by atoms with Gasteiger partial charge in [-0.25, -0.2) is 4.79 Å². The van der Waals surface area contributed by atoms with E-state index in [2.05, 4.69) is 9.47 Å². The highest BCUT2D eigenvalue weighted by atomic mass is 16.7. The number of carbonyl (C=O) groups is 2. The summed E-state index contributed by atoms with van der Waals surface area (Å²) in [5.41, 5.74) is -1.74. The fraction of sp³-hybridized carbons (Fsp3) is 0.818. The van der Waals surface area contributed by atoms with Crippen molar-refractivity contribution < 1.29 is 28.9 Å². The summed E-state index contributed by atoms with van der Waals surface area (Å²) in [6.45, 7) is 4.85. The number of carbonyl (C=O) groups excluding carboxylic acids is 2. The summed E-state index contributed by atoms with van der Waals surface area (Å²) in [6.07, 6.45) is -0.431. The first-order valence-corrected chi connectivity index (χ1v) is 5.43. The number of esters is 1. The van der Waals surface area contributed by atoms with Gasteiger partial charge in [-0.1, -0.05) is 0 Å². The minimum absolute atomic E-state index is 0.0557. The van der Waals surface area contributed by atoms with E-state index in [0.29, 0.717) is 6.42 Å². The second kappa shape index (κ2) is 4.91. The molecule has 0 aromatic rings. The maximum Gasteiger partial charge on any atom is 0.508 e. The predicted molar refractivity (Wildman–Crippen MR) is 57.3 cm³/mol. The lowest BCUT2D eigenvalue weighted by molar-refractivity contribution is -0.179. The molecule has 0 bridgehead atoms. The molecule has 0 aromatic carbocycles. The van der Waals surface area contributed by atoms with Crippen molar-refractivity contribution in [2.75, 3.05) is 19.8 Å². The van der Waals surface area contributed by atoms with Gasteiger partial charge >= 0.3 is 12.1 Å². The van der Waals surface area contributed by atoms with Crippen molar-refractivity contribution >= 4 is 12.1 Å². The number of hydrogen-bond acceptors (Lipinski definition) is 6. The molecule has 98 valence electrons. The van der Waals surface area contributed by atoms with Crippen LogP contribution in [0.2, 0.25) is 0 Å². The van der Waals surface area contributed by atoms with Crippen molar-refractivity contribution in [2.24, 2.45) is 5.41 Å². The van der Waals surface area contributed by atoms with Crippen LogP contribution < -0.4 is 0 Å². The molecule has 0 atom stereocenters. The van der Waals surface area contributed by atoms with Gasteiger partial charge in [0.15, 0.2) is 0 Å². The minimum atomic E-state index is -0.985. The molecule has 1 heterocycles. The van der Waals surface area contributed by atoms with E-state index in [-0.39, 0.29) is 19.8 Å². The van der Waals surface area contributed by atoms with Crippen LogP contribution in [0, 0.1) is 5.41 Å². The van der Waals surface area contributed by atoms with Gasteiger partial charge < -0.3 is 19.3 Å². The van der Waals surface area contributed by atoms with E-state index >= 15 is 0 Å². The lowest BCUT2D eigenvalue weighted by Gasteiger charge is -2.34. The Bertz CT molecular complexity index is 299. The number of rotatable bonds is 4. The summed E-state index contributed by atoms with van der Waals surface area (Å²) >= 11 is 0. The highest BCUT2D eigenvalue weighted by Crippen LogP contribution is 2.27. The zero-order chi connectivity index (χ0) is 13.1. The van der Waals surface area contributed by atoms with Crippen LogP contribution in [0.4, 0.5) is 4.79 Å². The molecule has 6 heteroatoms. The van der Waals surface area contributed by atoms with Crippen LogP contribution in [-0.4, -0.2) is 42.7 Å². The Balaban J connectivity index is 2.60. The van der Waals surface area contributed by atoms with Gasteiger partial charge in [-0.05, 0) is 20.8 Å². The van der Waals surface area contributed by atoms with E-state index in [9.17, 15) is 9.59 Å². The molecule has 17 heavy (non-hydrogen) atoms. The molecule has 1 fully saturated rings. The molecule has 1 saturated heterocycles. The van der Waals surface area contributed by atoms with Crippen molar-refractivity contribution in [1.29, 1.82) is 0 Å². The first kappa shape index (κ1) is 13.8. The van der Waals surface area contributed by atoms with Gasteiger partial charge in [0.25, 0.3) is 0 Å².